The first-order valence-electron chi connectivity index (χ1n) is 12.1. The fourth-order valence-corrected chi connectivity index (χ4v) is 4.29. The number of halogens is 3. The van der Waals surface area contributed by atoms with E-state index in [0.29, 0.717) is 23.8 Å². The number of hydrogen-bond donors (Lipinski definition) is 3. The number of fused-ring (bicyclic) bond motifs is 1. The Bertz CT molecular complexity index is 1370. The average Bonchev–Trinajstić information content (AvgIpc) is 3.23. The number of benzene rings is 1. The van der Waals surface area contributed by atoms with E-state index in [1.165, 1.54) is 19.2 Å². The first-order valence-corrected chi connectivity index (χ1v) is 12.1. The Morgan fingerprint density at radius 1 is 1.13 bits per heavy atom. The molecule has 0 unspecified atom stereocenters. The summed E-state index contributed by atoms with van der Waals surface area (Å²) in [5, 5.41) is 6.10. The molecule has 38 heavy (non-hydrogen) atoms. The molecule has 4 rings (SSSR count). The van der Waals surface area contributed by atoms with Crippen molar-refractivity contribution >= 4 is 22.7 Å². The van der Waals surface area contributed by atoms with Gasteiger partial charge < -0.3 is 25.5 Å². The number of hydrogen-bond acceptors (Lipinski definition) is 7. The number of nitrogens with two attached hydrogens (primary N) is 1. The van der Waals surface area contributed by atoms with Gasteiger partial charge in [-0.2, -0.15) is 13.2 Å². The molecule has 9 nitrogen and oxygen atoms in total. The van der Waals surface area contributed by atoms with Crippen LogP contribution in [0.15, 0.2) is 28.7 Å². The van der Waals surface area contributed by atoms with Crippen molar-refractivity contribution in [3.8, 4) is 17.2 Å². The third-order valence-electron chi connectivity index (χ3n) is 6.19. The van der Waals surface area contributed by atoms with Gasteiger partial charge in [0.2, 0.25) is 11.8 Å². The van der Waals surface area contributed by atoms with Crippen LogP contribution >= 0.6 is 0 Å². The number of aromatic nitrogens is 2. The van der Waals surface area contributed by atoms with Crippen LogP contribution in [0.3, 0.4) is 0 Å². The number of alkyl halides is 3. The summed E-state index contributed by atoms with van der Waals surface area (Å²) in [7, 11) is 1.33. The molecule has 204 valence electrons. The van der Waals surface area contributed by atoms with Crippen molar-refractivity contribution in [1.82, 2.24) is 20.6 Å². The number of nitrogens with zero attached hydrogens (tertiary/aromatic N) is 2. The lowest BCUT2D eigenvalue weighted by Crippen LogP contribution is -2.52. The SMILES string of the molecule is COc1ccc(-c2nc(C(=O)NC3CC(C(=O)NC(C)(C)C)C3)c([C@H](C)N)o2)c2ccc(C(F)(F)F)nc12. The number of oxazole rings is 1. The molecule has 0 saturated heterocycles. The van der Waals surface area contributed by atoms with Crippen LogP contribution in [-0.2, 0) is 11.0 Å². The standard InChI is InChI=1S/C26H30F3N5O4/c1-12(30)21-20(23(36)31-14-10-13(11-14)22(35)34-25(2,3)4)33-24(38-21)16-6-8-17(37-5)19-15(16)7-9-18(32-19)26(27,28)29/h6-9,12-14H,10-11,30H2,1-5H3,(H,31,36)(H,34,35)/t12-,13?,14?/m0/s1. The molecule has 0 spiro atoms. The van der Waals surface area contributed by atoms with Crippen LogP contribution in [0.1, 0.15) is 68.5 Å². The third-order valence-corrected chi connectivity index (χ3v) is 6.19. The first kappa shape index (κ1) is 27.4. The summed E-state index contributed by atoms with van der Waals surface area (Å²) in [6.45, 7) is 7.33. The van der Waals surface area contributed by atoms with E-state index in [2.05, 4.69) is 20.6 Å². The fourth-order valence-electron chi connectivity index (χ4n) is 4.29. The van der Waals surface area contributed by atoms with Gasteiger partial charge in [-0.25, -0.2) is 9.97 Å². The molecule has 1 saturated carbocycles. The molecule has 0 bridgehead atoms. The van der Waals surface area contributed by atoms with E-state index in [1.54, 1.807) is 13.0 Å². The molecule has 1 aliphatic rings. The van der Waals surface area contributed by atoms with Crippen molar-refractivity contribution in [2.24, 2.45) is 11.7 Å². The molecule has 0 aliphatic heterocycles. The van der Waals surface area contributed by atoms with Gasteiger partial charge in [0.25, 0.3) is 5.91 Å². The van der Waals surface area contributed by atoms with Gasteiger partial charge >= 0.3 is 6.18 Å². The molecule has 1 aromatic carbocycles. The van der Waals surface area contributed by atoms with Crippen molar-refractivity contribution < 1.29 is 31.9 Å². The maximum atomic E-state index is 13.3. The second-order valence-corrected chi connectivity index (χ2v) is 10.5. The summed E-state index contributed by atoms with van der Waals surface area (Å²) in [4.78, 5) is 33.5. The van der Waals surface area contributed by atoms with E-state index >= 15 is 0 Å². The predicted octanol–water partition coefficient (Wildman–Crippen LogP) is 4.36. The van der Waals surface area contributed by atoms with Crippen LogP contribution in [0.4, 0.5) is 13.2 Å². The van der Waals surface area contributed by atoms with Gasteiger partial charge in [-0.1, -0.05) is 0 Å². The number of pyridine rings is 1. The van der Waals surface area contributed by atoms with E-state index in [0.717, 1.165) is 6.07 Å². The minimum Gasteiger partial charge on any atom is -0.494 e. The zero-order valence-electron chi connectivity index (χ0n) is 21.7. The highest BCUT2D eigenvalue weighted by Gasteiger charge is 2.38. The number of methoxy groups -OCH3 is 1. The zero-order valence-corrected chi connectivity index (χ0v) is 21.7. The van der Waals surface area contributed by atoms with Crippen molar-refractivity contribution in [2.45, 2.75) is 64.3 Å². The number of ether oxygens (including phenoxy) is 1. The minimum absolute atomic E-state index is 0.00713. The molecule has 1 aliphatic carbocycles. The largest absolute Gasteiger partial charge is 0.494 e. The van der Waals surface area contributed by atoms with Gasteiger partial charge in [0, 0.05) is 28.4 Å². The molecule has 2 amide bonds. The van der Waals surface area contributed by atoms with Crippen molar-refractivity contribution in [3.05, 3.63) is 41.4 Å². The summed E-state index contributed by atoms with van der Waals surface area (Å²) in [5.41, 5.74) is 4.90. The Kier molecular flexibility index (Phi) is 7.13. The Morgan fingerprint density at radius 3 is 2.39 bits per heavy atom. The van der Waals surface area contributed by atoms with Crippen LogP contribution in [0.25, 0.3) is 22.4 Å². The molecule has 0 radical (unpaired) electrons. The molecule has 2 aromatic heterocycles. The van der Waals surface area contributed by atoms with E-state index in [-0.39, 0.29) is 52.0 Å². The van der Waals surface area contributed by atoms with E-state index in [9.17, 15) is 22.8 Å². The zero-order chi connectivity index (χ0) is 28.0. The quantitative estimate of drug-likeness (QED) is 0.429. The molecule has 3 aromatic rings. The first-order chi connectivity index (χ1) is 17.7. The van der Waals surface area contributed by atoms with Gasteiger partial charge in [-0.05, 0) is 64.8 Å². The topological polar surface area (TPSA) is 132 Å². The maximum absolute atomic E-state index is 13.3. The Balaban J connectivity index is 1.61. The van der Waals surface area contributed by atoms with Crippen LogP contribution in [0, 0.1) is 5.92 Å². The second-order valence-electron chi connectivity index (χ2n) is 10.5. The normalized spacial score (nSPS) is 18.6. The monoisotopic (exact) mass is 533 g/mol. The Labute approximate surface area is 217 Å². The Hall–Kier alpha value is -3.67. The number of carbonyl (C=O) groups is 2. The van der Waals surface area contributed by atoms with Crippen LogP contribution in [0.2, 0.25) is 0 Å². The van der Waals surface area contributed by atoms with E-state index < -0.39 is 23.8 Å². The average molecular weight is 534 g/mol. The highest BCUT2D eigenvalue weighted by molar-refractivity contribution is 5.98. The number of rotatable bonds is 6. The van der Waals surface area contributed by atoms with E-state index in [1.807, 2.05) is 20.8 Å². The highest BCUT2D eigenvalue weighted by atomic mass is 19.4. The molecule has 1 atom stereocenters. The lowest BCUT2D eigenvalue weighted by atomic mass is 9.79. The van der Waals surface area contributed by atoms with Gasteiger partial charge in [-0.15, -0.1) is 0 Å². The summed E-state index contributed by atoms with van der Waals surface area (Å²) in [6, 6.07) is 4.23. The molecule has 4 N–H and O–H groups in total. The predicted molar refractivity (Wildman–Crippen MR) is 133 cm³/mol. The lowest BCUT2D eigenvalue weighted by Gasteiger charge is -2.36. The molecule has 1 fully saturated rings. The summed E-state index contributed by atoms with van der Waals surface area (Å²) < 4.78 is 50.9. The van der Waals surface area contributed by atoms with Crippen LogP contribution < -0.4 is 21.1 Å². The molecular weight excluding hydrogens is 503 g/mol. The number of nitrogens with one attached hydrogen (secondary N) is 2. The summed E-state index contributed by atoms with van der Waals surface area (Å²) >= 11 is 0. The molecular formula is C26H30F3N5O4. The minimum atomic E-state index is -4.64. The maximum Gasteiger partial charge on any atom is 0.433 e. The highest BCUT2D eigenvalue weighted by Crippen LogP contribution is 2.37. The van der Waals surface area contributed by atoms with E-state index in [4.69, 9.17) is 14.9 Å². The lowest BCUT2D eigenvalue weighted by molar-refractivity contribution is -0.141. The third kappa shape index (κ3) is 5.59. The molecule has 2 heterocycles. The van der Waals surface area contributed by atoms with Gasteiger partial charge in [-0.3, -0.25) is 9.59 Å². The van der Waals surface area contributed by atoms with Crippen LogP contribution in [0.5, 0.6) is 5.75 Å². The van der Waals surface area contributed by atoms with Crippen molar-refractivity contribution in [1.29, 1.82) is 0 Å². The van der Waals surface area contributed by atoms with Gasteiger partial charge in [0.05, 0.1) is 13.2 Å². The van der Waals surface area contributed by atoms with Gasteiger partial charge in [0.1, 0.15) is 17.0 Å². The van der Waals surface area contributed by atoms with Crippen molar-refractivity contribution in [3.63, 3.8) is 0 Å². The molecule has 12 heteroatoms. The Morgan fingerprint density at radius 2 is 1.82 bits per heavy atom. The smallest absolute Gasteiger partial charge is 0.433 e. The van der Waals surface area contributed by atoms with Crippen LogP contribution in [-0.4, -0.2) is 40.5 Å². The number of amides is 2. The summed E-state index contributed by atoms with van der Waals surface area (Å²) in [6.07, 6.45) is -3.66. The second kappa shape index (κ2) is 9.90. The summed E-state index contributed by atoms with van der Waals surface area (Å²) in [5.74, 6) is -0.490. The fraction of sp³-hybridized carbons (Fsp3) is 0.462. The van der Waals surface area contributed by atoms with Gasteiger partial charge in [0.15, 0.2) is 11.5 Å². The number of carbonyl (C=O) groups excluding carboxylic acids is 2. The van der Waals surface area contributed by atoms with Crippen molar-refractivity contribution in [2.75, 3.05) is 7.11 Å².